The van der Waals surface area contributed by atoms with Crippen LogP contribution >= 0.6 is 11.8 Å². The molecule has 1 unspecified atom stereocenters. The average Bonchev–Trinajstić information content (AvgIpc) is 2.02. The first-order valence-electron chi connectivity index (χ1n) is 4.33. The molecular formula is C8H15BF3KS. The molecule has 0 saturated heterocycles. The van der Waals surface area contributed by atoms with Gasteiger partial charge in [-0.15, -0.1) is 12.1 Å². The molecule has 0 spiro atoms. The van der Waals surface area contributed by atoms with E-state index in [9.17, 15) is 12.9 Å². The maximum absolute atomic E-state index is 12.0. The van der Waals surface area contributed by atoms with Crippen molar-refractivity contribution < 1.29 is 64.3 Å². The molecule has 0 aliphatic carbocycles. The van der Waals surface area contributed by atoms with Gasteiger partial charge in [0.25, 0.3) is 0 Å². The maximum Gasteiger partial charge on any atom is 1.00 e. The van der Waals surface area contributed by atoms with Gasteiger partial charge in [0.1, 0.15) is 0 Å². The summed E-state index contributed by atoms with van der Waals surface area (Å²) < 4.78 is 36.0. The van der Waals surface area contributed by atoms with Crippen LogP contribution < -0.4 is 51.4 Å². The van der Waals surface area contributed by atoms with E-state index in [0.29, 0.717) is 5.92 Å². The Hall–Kier alpha value is 1.58. The Morgan fingerprint density at radius 2 is 1.93 bits per heavy atom. The van der Waals surface area contributed by atoms with Gasteiger partial charge in [-0.2, -0.15) is 11.8 Å². The summed E-state index contributed by atoms with van der Waals surface area (Å²) in [5.41, 5.74) is -0.576. The van der Waals surface area contributed by atoms with Gasteiger partial charge in [0, 0.05) is 0 Å². The fraction of sp³-hybridized carbons (Fsp3) is 0.750. The van der Waals surface area contributed by atoms with Crippen LogP contribution in [0.2, 0.25) is 0 Å². The van der Waals surface area contributed by atoms with Crippen LogP contribution in [0.3, 0.4) is 0 Å². The van der Waals surface area contributed by atoms with E-state index in [1.54, 1.807) is 0 Å². The second-order valence-electron chi connectivity index (χ2n) is 3.26. The largest absolute Gasteiger partial charge is 1.00 e. The summed E-state index contributed by atoms with van der Waals surface area (Å²) in [6.07, 6.45) is 1.01. The third-order valence-corrected chi connectivity index (χ3v) is 3.23. The number of hydrogen-bond donors (Lipinski definition) is 0. The fourth-order valence-corrected chi connectivity index (χ4v) is 1.81. The summed E-state index contributed by atoms with van der Waals surface area (Å²) in [7, 11) is 0. The quantitative estimate of drug-likeness (QED) is 0.626. The van der Waals surface area contributed by atoms with E-state index in [-0.39, 0.29) is 57.1 Å². The van der Waals surface area contributed by atoms with Gasteiger partial charge in [0.2, 0.25) is 0 Å². The van der Waals surface area contributed by atoms with Gasteiger partial charge < -0.3 is 12.9 Å². The Bertz CT molecular complexity index is 172. The van der Waals surface area contributed by atoms with Crippen LogP contribution in [0.4, 0.5) is 12.9 Å². The monoisotopic (exact) mass is 250 g/mol. The molecule has 0 rings (SSSR count). The molecule has 0 radical (unpaired) electrons. The Kier molecular flexibility index (Phi) is 11.2. The molecule has 1 atom stereocenters. The van der Waals surface area contributed by atoms with Crippen molar-refractivity contribution in [2.45, 2.75) is 20.3 Å². The molecule has 6 heteroatoms. The van der Waals surface area contributed by atoms with Gasteiger partial charge in [0.05, 0.1) is 0 Å². The molecule has 0 aromatic heterocycles. The van der Waals surface area contributed by atoms with Crippen molar-refractivity contribution in [1.82, 2.24) is 0 Å². The Morgan fingerprint density at radius 1 is 1.43 bits per heavy atom. The number of hydrogen-bond acceptors (Lipinski definition) is 1. The van der Waals surface area contributed by atoms with Crippen LogP contribution in [0, 0.1) is 5.92 Å². The SMILES string of the molecule is C=C(CSCC(C)CC)[B-](F)(F)F.[K+]. The fourth-order valence-electron chi connectivity index (χ4n) is 0.604. The van der Waals surface area contributed by atoms with Gasteiger partial charge in [0.15, 0.2) is 0 Å². The van der Waals surface area contributed by atoms with E-state index < -0.39 is 12.4 Å². The summed E-state index contributed by atoms with van der Waals surface area (Å²) in [5, 5.41) is 0. The normalized spacial score (nSPS) is 13.2. The molecule has 0 aromatic carbocycles. The van der Waals surface area contributed by atoms with Gasteiger partial charge in [-0.1, -0.05) is 20.3 Å². The van der Waals surface area contributed by atoms with Crippen LogP contribution in [0.15, 0.2) is 12.1 Å². The summed E-state index contributed by atoms with van der Waals surface area (Å²) in [5.74, 6) is 1.29. The van der Waals surface area contributed by atoms with Crippen LogP contribution in [0.1, 0.15) is 20.3 Å². The topological polar surface area (TPSA) is 0 Å². The smallest absolute Gasteiger partial charge is 0.445 e. The molecule has 0 nitrogen and oxygen atoms in total. The van der Waals surface area contributed by atoms with E-state index in [1.165, 1.54) is 11.8 Å². The first kappa shape index (κ1) is 18.0. The van der Waals surface area contributed by atoms with E-state index in [4.69, 9.17) is 0 Å². The van der Waals surface area contributed by atoms with E-state index in [2.05, 4.69) is 6.58 Å². The zero-order valence-corrected chi connectivity index (χ0v) is 13.0. The Morgan fingerprint density at radius 3 is 2.29 bits per heavy atom. The zero-order chi connectivity index (χ0) is 10.5. The molecule has 0 aromatic rings. The van der Waals surface area contributed by atoms with Crippen LogP contribution in [-0.2, 0) is 0 Å². The van der Waals surface area contributed by atoms with E-state index in [0.717, 1.165) is 12.2 Å². The first-order chi connectivity index (χ1) is 5.88. The Balaban J connectivity index is 0. The maximum atomic E-state index is 12.0. The van der Waals surface area contributed by atoms with Crippen molar-refractivity contribution in [2.75, 3.05) is 11.5 Å². The molecule has 14 heavy (non-hydrogen) atoms. The second kappa shape index (κ2) is 8.70. The molecule has 0 aliphatic heterocycles. The predicted molar refractivity (Wildman–Crippen MR) is 55.0 cm³/mol. The van der Waals surface area contributed by atoms with Crippen molar-refractivity contribution in [3.8, 4) is 0 Å². The summed E-state index contributed by atoms with van der Waals surface area (Å²) in [6.45, 7) is 2.28. The minimum Gasteiger partial charge on any atom is -0.445 e. The summed E-state index contributed by atoms with van der Waals surface area (Å²) >= 11 is 1.32. The third kappa shape index (κ3) is 8.85. The van der Waals surface area contributed by atoms with Crippen molar-refractivity contribution in [2.24, 2.45) is 5.92 Å². The minimum absolute atomic E-state index is 0. The van der Waals surface area contributed by atoms with Gasteiger partial charge in [-0.25, -0.2) is 0 Å². The molecule has 0 heterocycles. The summed E-state index contributed by atoms with van der Waals surface area (Å²) in [6, 6.07) is 0. The third-order valence-electron chi connectivity index (χ3n) is 1.85. The van der Waals surface area contributed by atoms with Crippen molar-refractivity contribution in [3.63, 3.8) is 0 Å². The molecule has 78 valence electrons. The number of rotatable bonds is 6. The first-order valence-corrected chi connectivity index (χ1v) is 5.48. The average molecular weight is 250 g/mol. The zero-order valence-electron chi connectivity index (χ0n) is 9.03. The van der Waals surface area contributed by atoms with Crippen LogP contribution in [0.5, 0.6) is 0 Å². The number of halogens is 3. The van der Waals surface area contributed by atoms with E-state index in [1.807, 2.05) is 13.8 Å². The molecule has 0 N–H and O–H groups in total. The van der Waals surface area contributed by atoms with Crippen LogP contribution in [-0.4, -0.2) is 18.5 Å². The molecule has 0 amide bonds. The van der Waals surface area contributed by atoms with Gasteiger partial charge in [-0.05, 0) is 17.4 Å². The van der Waals surface area contributed by atoms with Crippen molar-refractivity contribution >= 4 is 18.7 Å². The van der Waals surface area contributed by atoms with Gasteiger partial charge in [-0.3, -0.25) is 0 Å². The Labute approximate surface area is 131 Å². The second-order valence-corrected chi connectivity index (χ2v) is 4.29. The molecule has 0 fully saturated rings. The predicted octanol–water partition coefficient (Wildman–Crippen LogP) is 0.712. The van der Waals surface area contributed by atoms with Crippen LogP contribution in [0.25, 0.3) is 0 Å². The van der Waals surface area contributed by atoms with E-state index >= 15 is 0 Å². The molecule has 0 aliphatic rings. The molecule has 0 saturated carbocycles. The number of thioether (sulfide) groups is 1. The van der Waals surface area contributed by atoms with Crippen molar-refractivity contribution in [3.05, 3.63) is 12.1 Å². The van der Waals surface area contributed by atoms with Crippen molar-refractivity contribution in [1.29, 1.82) is 0 Å². The molecular weight excluding hydrogens is 235 g/mol. The minimum atomic E-state index is -4.82. The van der Waals surface area contributed by atoms with Gasteiger partial charge >= 0.3 is 58.4 Å². The summed E-state index contributed by atoms with van der Waals surface area (Å²) in [4.78, 5) is 0. The molecule has 0 bridgehead atoms. The standard InChI is InChI=1S/C8H15BF3S.K/c1-4-7(2)5-13-6-8(3)9(10,11)12;/h7H,3-6H2,1-2H3;/q-1;+1.